The van der Waals surface area contributed by atoms with Crippen LogP contribution in [0.5, 0.6) is 0 Å². The fraction of sp³-hybridized carbons (Fsp3) is 0.625. The van der Waals surface area contributed by atoms with E-state index in [1.807, 2.05) is 20.0 Å². The van der Waals surface area contributed by atoms with Crippen LogP contribution in [-0.4, -0.2) is 21.5 Å². The van der Waals surface area contributed by atoms with Crippen LogP contribution in [0.15, 0.2) is 6.07 Å². The van der Waals surface area contributed by atoms with Crippen molar-refractivity contribution >= 4 is 0 Å². The van der Waals surface area contributed by atoms with Gasteiger partial charge in [0.1, 0.15) is 0 Å². The smallest absolute Gasteiger partial charge is 0.0846 e. The Bertz CT molecular complexity index is 258. The summed E-state index contributed by atoms with van der Waals surface area (Å²) < 4.78 is 1.75. The Morgan fingerprint density at radius 3 is 2.67 bits per heavy atom. The van der Waals surface area contributed by atoms with Gasteiger partial charge in [-0.2, -0.15) is 5.10 Å². The van der Waals surface area contributed by atoms with E-state index in [0.29, 0.717) is 0 Å². The van der Waals surface area contributed by atoms with Crippen molar-refractivity contribution in [2.24, 2.45) is 12.8 Å². The van der Waals surface area contributed by atoms with E-state index in [9.17, 15) is 0 Å². The maximum Gasteiger partial charge on any atom is 0.0846 e. The van der Waals surface area contributed by atoms with E-state index in [1.54, 1.807) is 11.6 Å². The predicted octanol–water partition coefficient (Wildman–Crippen LogP) is -0.105. The topological polar surface area (TPSA) is 64.1 Å². The Hall–Kier alpha value is -0.870. The molecule has 0 amide bonds. The Labute approximate surface area is 72.0 Å². The molecule has 4 heteroatoms. The van der Waals surface area contributed by atoms with E-state index >= 15 is 0 Å². The summed E-state index contributed by atoms with van der Waals surface area (Å²) in [7, 11) is 1.85. The van der Waals surface area contributed by atoms with Crippen molar-refractivity contribution < 1.29 is 5.11 Å². The van der Waals surface area contributed by atoms with Crippen LogP contribution in [0.4, 0.5) is 0 Å². The molecule has 68 valence electrons. The lowest BCUT2D eigenvalue weighted by molar-refractivity contribution is 0.206. The van der Waals surface area contributed by atoms with Crippen LogP contribution >= 0.6 is 0 Å². The lowest BCUT2D eigenvalue weighted by Gasteiger charge is -2.18. The summed E-state index contributed by atoms with van der Waals surface area (Å²) in [5, 5.41) is 13.2. The molecule has 1 atom stereocenters. The van der Waals surface area contributed by atoms with E-state index < -0.39 is 5.54 Å². The second-order valence-corrected chi connectivity index (χ2v) is 3.37. The Morgan fingerprint density at radius 1 is 1.75 bits per heavy atom. The summed E-state index contributed by atoms with van der Waals surface area (Å²) in [5.74, 6) is 0. The molecule has 0 aliphatic heterocycles. The van der Waals surface area contributed by atoms with Crippen LogP contribution in [0.25, 0.3) is 0 Å². The highest BCUT2D eigenvalue weighted by atomic mass is 16.3. The second-order valence-electron chi connectivity index (χ2n) is 3.37. The average molecular weight is 169 g/mol. The number of aliphatic hydroxyl groups is 1. The van der Waals surface area contributed by atoms with Crippen molar-refractivity contribution in [1.29, 1.82) is 0 Å². The number of hydrogen-bond donors (Lipinski definition) is 2. The van der Waals surface area contributed by atoms with Crippen molar-refractivity contribution in [3.8, 4) is 0 Å². The maximum absolute atomic E-state index is 8.97. The van der Waals surface area contributed by atoms with Crippen LogP contribution in [0, 0.1) is 6.92 Å². The third-order valence-corrected chi connectivity index (χ3v) is 2.03. The molecule has 4 nitrogen and oxygen atoms in total. The second kappa shape index (κ2) is 2.88. The molecule has 0 radical (unpaired) electrons. The van der Waals surface area contributed by atoms with Crippen molar-refractivity contribution in [1.82, 2.24) is 9.78 Å². The number of hydrogen-bond acceptors (Lipinski definition) is 3. The van der Waals surface area contributed by atoms with E-state index in [0.717, 1.165) is 11.4 Å². The highest BCUT2D eigenvalue weighted by Gasteiger charge is 2.23. The van der Waals surface area contributed by atoms with Crippen molar-refractivity contribution in [2.75, 3.05) is 6.61 Å². The van der Waals surface area contributed by atoms with Crippen LogP contribution in [0.1, 0.15) is 18.3 Å². The molecule has 0 spiro atoms. The quantitative estimate of drug-likeness (QED) is 0.649. The van der Waals surface area contributed by atoms with E-state index in [-0.39, 0.29) is 6.61 Å². The van der Waals surface area contributed by atoms with Crippen molar-refractivity contribution in [2.45, 2.75) is 19.4 Å². The number of nitrogens with zero attached hydrogens (tertiary/aromatic N) is 2. The molecule has 1 aromatic rings. The number of nitrogens with two attached hydrogens (primary N) is 1. The Balaban J connectivity index is 3.04. The van der Waals surface area contributed by atoms with Crippen LogP contribution in [-0.2, 0) is 12.6 Å². The lowest BCUT2D eigenvalue weighted by atomic mass is 10.0. The summed E-state index contributed by atoms with van der Waals surface area (Å²) in [6.45, 7) is 3.61. The van der Waals surface area contributed by atoms with Crippen LogP contribution in [0.3, 0.4) is 0 Å². The van der Waals surface area contributed by atoms with Gasteiger partial charge in [0.05, 0.1) is 17.8 Å². The molecular weight excluding hydrogens is 154 g/mol. The van der Waals surface area contributed by atoms with E-state index in [2.05, 4.69) is 5.10 Å². The van der Waals surface area contributed by atoms with Gasteiger partial charge in [0.15, 0.2) is 0 Å². The fourth-order valence-electron chi connectivity index (χ4n) is 0.921. The van der Waals surface area contributed by atoms with Crippen LogP contribution in [0.2, 0.25) is 0 Å². The summed E-state index contributed by atoms with van der Waals surface area (Å²) >= 11 is 0. The van der Waals surface area contributed by atoms with Gasteiger partial charge in [0, 0.05) is 12.7 Å². The molecule has 0 saturated carbocycles. The van der Waals surface area contributed by atoms with Crippen LogP contribution < -0.4 is 5.73 Å². The minimum Gasteiger partial charge on any atom is -0.394 e. The largest absolute Gasteiger partial charge is 0.394 e. The molecule has 1 heterocycles. The maximum atomic E-state index is 8.97. The zero-order valence-electron chi connectivity index (χ0n) is 7.70. The van der Waals surface area contributed by atoms with Gasteiger partial charge >= 0.3 is 0 Å². The SMILES string of the molecule is Cc1cc(C(C)(N)CO)nn1C. The van der Waals surface area contributed by atoms with Crippen molar-refractivity contribution in [3.05, 3.63) is 17.5 Å². The molecule has 0 saturated heterocycles. The fourth-order valence-corrected chi connectivity index (χ4v) is 0.921. The first-order chi connectivity index (χ1) is 5.47. The summed E-state index contributed by atoms with van der Waals surface area (Å²) in [6, 6.07) is 1.89. The summed E-state index contributed by atoms with van der Waals surface area (Å²) in [5.41, 5.74) is 6.83. The van der Waals surface area contributed by atoms with Gasteiger partial charge in [-0.05, 0) is 19.9 Å². The molecule has 0 aliphatic carbocycles. The molecule has 0 aliphatic rings. The van der Waals surface area contributed by atoms with Gasteiger partial charge in [-0.25, -0.2) is 0 Å². The third-order valence-electron chi connectivity index (χ3n) is 2.03. The number of aryl methyl sites for hydroxylation is 2. The first kappa shape index (κ1) is 9.22. The van der Waals surface area contributed by atoms with Gasteiger partial charge in [0.2, 0.25) is 0 Å². The lowest BCUT2D eigenvalue weighted by Crippen LogP contribution is -2.37. The molecular formula is C8H15N3O. The zero-order chi connectivity index (χ0) is 9.35. The van der Waals surface area contributed by atoms with Crippen molar-refractivity contribution in [3.63, 3.8) is 0 Å². The Morgan fingerprint density at radius 2 is 2.33 bits per heavy atom. The normalized spacial score (nSPS) is 16.1. The van der Waals surface area contributed by atoms with E-state index in [4.69, 9.17) is 10.8 Å². The monoisotopic (exact) mass is 169 g/mol. The Kier molecular flexibility index (Phi) is 2.21. The minimum atomic E-state index is -0.730. The molecule has 1 aromatic heterocycles. The van der Waals surface area contributed by atoms with E-state index in [1.165, 1.54) is 0 Å². The highest BCUT2D eigenvalue weighted by molar-refractivity contribution is 5.16. The third kappa shape index (κ3) is 1.49. The standard InChI is InChI=1S/C8H15N3O/c1-6-4-7(10-11(6)3)8(2,9)5-12/h4,12H,5,9H2,1-3H3. The zero-order valence-corrected chi connectivity index (χ0v) is 7.70. The predicted molar refractivity (Wildman–Crippen MR) is 46.6 cm³/mol. The van der Waals surface area contributed by atoms with Gasteiger partial charge in [0.25, 0.3) is 0 Å². The number of rotatable bonds is 2. The first-order valence-electron chi connectivity index (χ1n) is 3.88. The summed E-state index contributed by atoms with van der Waals surface area (Å²) in [4.78, 5) is 0. The molecule has 1 unspecified atom stereocenters. The van der Waals surface area contributed by atoms with Gasteiger partial charge in [-0.15, -0.1) is 0 Å². The molecule has 3 N–H and O–H groups in total. The molecule has 0 aromatic carbocycles. The molecule has 0 fully saturated rings. The number of aliphatic hydroxyl groups excluding tert-OH is 1. The molecule has 0 bridgehead atoms. The average Bonchev–Trinajstić information content (AvgIpc) is 2.33. The summed E-state index contributed by atoms with van der Waals surface area (Å²) in [6.07, 6.45) is 0. The molecule has 1 rings (SSSR count). The van der Waals surface area contributed by atoms with Gasteiger partial charge in [-0.1, -0.05) is 0 Å². The van der Waals surface area contributed by atoms with Gasteiger partial charge < -0.3 is 10.8 Å². The number of aromatic nitrogens is 2. The van der Waals surface area contributed by atoms with Gasteiger partial charge in [-0.3, -0.25) is 4.68 Å². The first-order valence-corrected chi connectivity index (χ1v) is 3.88. The molecule has 12 heavy (non-hydrogen) atoms. The minimum absolute atomic E-state index is 0.0938. The highest BCUT2D eigenvalue weighted by Crippen LogP contribution is 2.15.